The highest BCUT2D eigenvalue weighted by molar-refractivity contribution is 5.90. The van der Waals surface area contributed by atoms with Crippen LogP contribution in [0.2, 0.25) is 0 Å². The van der Waals surface area contributed by atoms with Crippen molar-refractivity contribution in [3.63, 3.8) is 0 Å². The second kappa shape index (κ2) is 6.39. The zero-order chi connectivity index (χ0) is 15.4. The van der Waals surface area contributed by atoms with Gasteiger partial charge in [-0.2, -0.15) is 0 Å². The molecule has 112 valence electrons. The number of nitrogens with zero attached hydrogens (tertiary/aromatic N) is 1. The fraction of sp³-hybridized carbons (Fsp3) is 0.400. The molecule has 0 saturated carbocycles. The Labute approximate surface area is 122 Å². The molecule has 21 heavy (non-hydrogen) atoms. The largest absolute Gasteiger partial charge is 0.478 e. The average Bonchev–Trinajstić information content (AvgIpc) is 2.47. The van der Waals surface area contributed by atoms with Crippen molar-refractivity contribution in [2.24, 2.45) is 0 Å². The lowest BCUT2D eigenvalue weighted by Gasteiger charge is -2.34. The van der Waals surface area contributed by atoms with E-state index in [1.165, 1.54) is 12.1 Å². The van der Waals surface area contributed by atoms with E-state index in [1.807, 2.05) is 6.92 Å². The molecule has 1 unspecified atom stereocenters. The highest BCUT2D eigenvalue weighted by Gasteiger charge is 2.31. The molecule has 0 aliphatic carbocycles. The van der Waals surface area contributed by atoms with Crippen molar-refractivity contribution in [1.82, 2.24) is 10.2 Å². The second-order valence-corrected chi connectivity index (χ2v) is 4.98. The lowest BCUT2D eigenvalue weighted by Crippen LogP contribution is -2.57. The van der Waals surface area contributed by atoms with E-state index in [4.69, 9.17) is 5.11 Å². The Morgan fingerprint density at radius 3 is 2.86 bits per heavy atom. The van der Waals surface area contributed by atoms with Crippen LogP contribution in [0.15, 0.2) is 24.3 Å². The molecule has 6 nitrogen and oxygen atoms in total. The van der Waals surface area contributed by atoms with Gasteiger partial charge in [-0.1, -0.05) is 19.1 Å². The van der Waals surface area contributed by atoms with Gasteiger partial charge in [0.25, 0.3) is 0 Å². The maximum absolute atomic E-state index is 12.4. The van der Waals surface area contributed by atoms with E-state index >= 15 is 0 Å². The number of carboxylic acids is 1. The number of carbonyl (C=O) groups excluding carboxylic acids is 2. The quantitative estimate of drug-likeness (QED) is 0.853. The summed E-state index contributed by atoms with van der Waals surface area (Å²) in [5, 5.41) is 11.7. The van der Waals surface area contributed by atoms with E-state index in [9.17, 15) is 14.4 Å². The minimum atomic E-state index is -1.02. The van der Waals surface area contributed by atoms with Crippen LogP contribution in [-0.4, -0.2) is 46.9 Å². The van der Waals surface area contributed by atoms with Crippen LogP contribution in [0.1, 0.15) is 29.3 Å². The maximum Gasteiger partial charge on any atom is 0.335 e. The first-order chi connectivity index (χ1) is 10.0. The third kappa shape index (κ3) is 3.39. The summed E-state index contributed by atoms with van der Waals surface area (Å²) in [5.74, 6) is -1.30. The highest BCUT2D eigenvalue weighted by Crippen LogP contribution is 2.13. The lowest BCUT2D eigenvalue weighted by molar-refractivity contribution is -0.142. The third-order valence-electron chi connectivity index (χ3n) is 3.57. The molecule has 1 aliphatic heterocycles. The number of hydrogen-bond acceptors (Lipinski definition) is 3. The molecule has 0 spiro atoms. The summed E-state index contributed by atoms with van der Waals surface area (Å²) in [4.78, 5) is 36.6. The van der Waals surface area contributed by atoms with Gasteiger partial charge >= 0.3 is 5.97 Å². The topological polar surface area (TPSA) is 86.7 Å². The summed E-state index contributed by atoms with van der Waals surface area (Å²) < 4.78 is 0. The summed E-state index contributed by atoms with van der Waals surface area (Å²) in [6.45, 7) is 2.80. The molecule has 1 fully saturated rings. The number of aromatic carboxylic acids is 1. The van der Waals surface area contributed by atoms with Gasteiger partial charge in [-0.3, -0.25) is 9.59 Å². The van der Waals surface area contributed by atoms with E-state index in [2.05, 4.69) is 5.32 Å². The van der Waals surface area contributed by atoms with Gasteiger partial charge in [0.2, 0.25) is 11.8 Å². The summed E-state index contributed by atoms with van der Waals surface area (Å²) in [7, 11) is 0. The van der Waals surface area contributed by atoms with Crippen LogP contribution in [0, 0.1) is 0 Å². The normalized spacial score (nSPS) is 18.2. The molecule has 0 bridgehead atoms. The average molecular weight is 290 g/mol. The van der Waals surface area contributed by atoms with Gasteiger partial charge in [-0.15, -0.1) is 0 Å². The molecule has 1 aromatic rings. The van der Waals surface area contributed by atoms with Crippen molar-refractivity contribution in [3.05, 3.63) is 35.4 Å². The van der Waals surface area contributed by atoms with Gasteiger partial charge in [0, 0.05) is 13.1 Å². The number of nitrogens with one attached hydrogen (secondary N) is 1. The van der Waals surface area contributed by atoms with Crippen molar-refractivity contribution >= 4 is 17.8 Å². The minimum Gasteiger partial charge on any atom is -0.478 e. The monoisotopic (exact) mass is 290 g/mol. The zero-order valence-electron chi connectivity index (χ0n) is 11.8. The number of rotatable bonds is 4. The Balaban J connectivity index is 2.11. The molecular formula is C15H18N2O4. The molecule has 1 atom stereocenters. The van der Waals surface area contributed by atoms with Crippen LogP contribution in [0.5, 0.6) is 0 Å². The van der Waals surface area contributed by atoms with Crippen LogP contribution in [0.25, 0.3) is 0 Å². The Bertz CT molecular complexity index is 571. The number of carbonyl (C=O) groups is 3. The predicted octanol–water partition coefficient (Wildman–Crippen LogP) is 0.664. The maximum atomic E-state index is 12.4. The number of benzene rings is 1. The van der Waals surface area contributed by atoms with Crippen molar-refractivity contribution in [2.75, 3.05) is 13.1 Å². The molecule has 2 amide bonds. The van der Waals surface area contributed by atoms with E-state index in [0.717, 1.165) is 0 Å². The van der Waals surface area contributed by atoms with Crippen molar-refractivity contribution in [1.29, 1.82) is 0 Å². The smallest absolute Gasteiger partial charge is 0.335 e. The summed E-state index contributed by atoms with van der Waals surface area (Å²) in [5.41, 5.74) is 0.796. The molecule has 1 aliphatic rings. The Kier molecular flexibility index (Phi) is 4.57. The summed E-state index contributed by atoms with van der Waals surface area (Å²) in [6.07, 6.45) is 0.664. The Morgan fingerprint density at radius 2 is 2.19 bits per heavy atom. The first kappa shape index (κ1) is 15.0. The zero-order valence-corrected chi connectivity index (χ0v) is 11.8. The Hall–Kier alpha value is -2.37. The minimum absolute atomic E-state index is 0.102. The summed E-state index contributed by atoms with van der Waals surface area (Å²) in [6, 6.07) is 5.88. The molecule has 1 saturated heterocycles. The fourth-order valence-corrected chi connectivity index (χ4v) is 2.51. The molecule has 1 aromatic carbocycles. The van der Waals surface area contributed by atoms with Gasteiger partial charge in [0.05, 0.1) is 12.0 Å². The van der Waals surface area contributed by atoms with Crippen molar-refractivity contribution < 1.29 is 19.5 Å². The molecule has 1 heterocycles. The molecule has 0 aromatic heterocycles. The molecule has 2 N–H and O–H groups in total. The van der Waals surface area contributed by atoms with Gasteiger partial charge in [0.15, 0.2) is 0 Å². The fourth-order valence-electron chi connectivity index (χ4n) is 2.51. The third-order valence-corrected chi connectivity index (χ3v) is 3.57. The molecule has 6 heteroatoms. The number of amides is 2. The van der Waals surface area contributed by atoms with E-state index in [1.54, 1.807) is 17.0 Å². The van der Waals surface area contributed by atoms with Gasteiger partial charge in [-0.25, -0.2) is 4.79 Å². The number of carboxylic acid groups (broad SMARTS) is 1. The standard InChI is InChI=1S/C15H18N2O4/c1-2-12-14(19)16-6-7-17(12)13(18)9-10-4-3-5-11(8-10)15(20)21/h3-5,8,12H,2,6-7,9H2,1H3,(H,16,19)(H,20,21). The molecule has 0 radical (unpaired) electrons. The Morgan fingerprint density at radius 1 is 1.43 bits per heavy atom. The van der Waals surface area contributed by atoms with Crippen LogP contribution in [0.4, 0.5) is 0 Å². The first-order valence-electron chi connectivity index (χ1n) is 6.92. The SMILES string of the molecule is CCC1C(=O)NCCN1C(=O)Cc1cccc(C(=O)O)c1. The van der Waals surface area contributed by atoms with Crippen LogP contribution in [0.3, 0.4) is 0 Å². The van der Waals surface area contributed by atoms with Crippen LogP contribution < -0.4 is 5.32 Å². The number of hydrogen-bond donors (Lipinski definition) is 2. The van der Waals surface area contributed by atoms with E-state index in [0.29, 0.717) is 25.1 Å². The van der Waals surface area contributed by atoms with E-state index < -0.39 is 12.0 Å². The van der Waals surface area contributed by atoms with Crippen LogP contribution in [-0.2, 0) is 16.0 Å². The van der Waals surface area contributed by atoms with Gasteiger partial charge in [-0.05, 0) is 24.1 Å². The summed E-state index contributed by atoms with van der Waals surface area (Å²) >= 11 is 0. The van der Waals surface area contributed by atoms with E-state index in [-0.39, 0.29) is 23.8 Å². The van der Waals surface area contributed by atoms with Crippen LogP contribution >= 0.6 is 0 Å². The predicted molar refractivity (Wildman–Crippen MR) is 75.9 cm³/mol. The molecular weight excluding hydrogens is 272 g/mol. The van der Waals surface area contributed by atoms with Gasteiger partial charge in [0.1, 0.15) is 6.04 Å². The first-order valence-corrected chi connectivity index (χ1v) is 6.92. The van der Waals surface area contributed by atoms with Gasteiger partial charge < -0.3 is 15.3 Å². The van der Waals surface area contributed by atoms with Crippen molar-refractivity contribution in [2.45, 2.75) is 25.8 Å². The van der Waals surface area contributed by atoms with Crippen molar-refractivity contribution in [3.8, 4) is 0 Å². The number of piperazine rings is 1. The lowest BCUT2D eigenvalue weighted by atomic mass is 10.0. The second-order valence-electron chi connectivity index (χ2n) is 4.98. The molecule has 2 rings (SSSR count). The highest BCUT2D eigenvalue weighted by atomic mass is 16.4.